The second-order valence-corrected chi connectivity index (χ2v) is 8.71. The van der Waals surface area contributed by atoms with Gasteiger partial charge in [-0.15, -0.1) is 11.3 Å². The molecule has 0 unspecified atom stereocenters. The maximum absolute atomic E-state index is 12.9. The Balaban J connectivity index is 1.56. The summed E-state index contributed by atoms with van der Waals surface area (Å²) in [5, 5.41) is 6.69. The highest BCUT2D eigenvalue weighted by Crippen LogP contribution is 2.23. The zero-order valence-corrected chi connectivity index (χ0v) is 19.5. The SMILES string of the molecule is COCCn1c(NC(=O)CCc2nc3ccccc3s2)c(NCc2ccccc2)c(=O)[nH]c1=O. The lowest BCUT2D eigenvalue weighted by Crippen LogP contribution is -2.36. The fourth-order valence-corrected chi connectivity index (χ4v) is 4.46. The molecular weight excluding hydrogens is 454 g/mol. The van der Waals surface area contributed by atoms with Crippen molar-refractivity contribution in [2.45, 2.75) is 25.9 Å². The van der Waals surface area contributed by atoms with Crippen LogP contribution in [0, 0.1) is 0 Å². The van der Waals surface area contributed by atoms with Crippen LogP contribution >= 0.6 is 11.3 Å². The average molecular weight is 480 g/mol. The number of fused-ring (bicyclic) bond motifs is 1. The molecule has 0 radical (unpaired) electrons. The van der Waals surface area contributed by atoms with Crippen molar-refractivity contribution >= 4 is 39.0 Å². The van der Waals surface area contributed by atoms with Gasteiger partial charge in [-0.05, 0) is 17.7 Å². The van der Waals surface area contributed by atoms with E-state index >= 15 is 0 Å². The van der Waals surface area contributed by atoms with Crippen molar-refractivity contribution in [1.29, 1.82) is 0 Å². The molecule has 3 N–H and O–H groups in total. The molecule has 9 nitrogen and oxygen atoms in total. The van der Waals surface area contributed by atoms with Crippen LogP contribution in [0.15, 0.2) is 64.2 Å². The standard InChI is InChI=1S/C24H25N5O4S/c1-33-14-13-29-22(21(23(31)28-24(29)32)25-15-16-7-3-2-4-8-16)27-19(30)11-12-20-26-17-9-5-6-10-18(17)34-20/h2-10,25H,11-15H2,1H3,(H,27,30)(H,28,31,32). The third-order valence-electron chi connectivity index (χ3n) is 5.19. The molecule has 0 bridgehead atoms. The van der Waals surface area contributed by atoms with Gasteiger partial charge in [-0.25, -0.2) is 9.78 Å². The van der Waals surface area contributed by atoms with Gasteiger partial charge in [-0.2, -0.15) is 0 Å². The van der Waals surface area contributed by atoms with E-state index in [1.54, 1.807) is 11.3 Å². The van der Waals surface area contributed by atoms with Crippen LogP contribution in [0.2, 0.25) is 0 Å². The van der Waals surface area contributed by atoms with Gasteiger partial charge in [0.1, 0.15) is 11.5 Å². The van der Waals surface area contributed by atoms with Crippen LogP contribution in [0.25, 0.3) is 10.2 Å². The minimum absolute atomic E-state index is 0.118. The summed E-state index contributed by atoms with van der Waals surface area (Å²) in [6.07, 6.45) is 0.604. The lowest BCUT2D eigenvalue weighted by molar-refractivity contribution is -0.116. The van der Waals surface area contributed by atoms with Crippen LogP contribution in [0.3, 0.4) is 0 Å². The number of carbonyl (C=O) groups excluding carboxylic acids is 1. The molecule has 4 rings (SSSR count). The number of nitrogens with one attached hydrogen (secondary N) is 3. The van der Waals surface area contributed by atoms with E-state index in [1.165, 1.54) is 11.7 Å². The number of anilines is 2. The normalized spacial score (nSPS) is 11.0. The quantitative estimate of drug-likeness (QED) is 0.322. The van der Waals surface area contributed by atoms with Crippen molar-refractivity contribution < 1.29 is 9.53 Å². The number of thiazole rings is 1. The van der Waals surface area contributed by atoms with Crippen molar-refractivity contribution in [3.63, 3.8) is 0 Å². The number of aromatic amines is 1. The van der Waals surface area contributed by atoms with Gasteiger partial charge in [0.25, 0.3) is 5.56 Å². The zero-order valence-electron chi connectivity index (χ0n) is 18.7. The molecule has 34 heavy (non-hydrogen) atoms. The lowest BCUT2D eigenvalue weighted by atomic mass is 10.2. The van der Waals surface area contributed by atoms with Crippen molar-refractivity contribution in [2.24, 2.45) is 0 Å². The molecule has 0 spiro atoms. The first-order valence-corrected chi connectivity index (χ1v) is 11.6. The van der Waals surface area contributed by atoms with Gasteiger partial charge in [0.05, 0.1) is 28.4 Å². The van der Waals surface area contributed by atoms with E-state index in [0.29, 0.717) is 13.0 Å². The van der Waals surface area contributed by atoms with Gasteiger partial charge in [0.15, 0.2) is 0 Å². The Morgan fingerprint density at radius 2 is 1.88 bits per heavy atom. The number of aryl methyl sites for hydroxylation is 1. The summed E-state index contributed by atoms with van der Waals surface area (Å²) in [5.74, 6) is -0.200. The molecule has 0 aliphatic rings. The van der Waals surface area contributed by atoms with E-state index < -0.39 is 11.2 Å². The number of rotatable bonds is 10. The molecule has 4 aromatic rings. The molecule has 2 aromatic carbocycles. The van der Waals surface area contributed by atoms with Gasteiger partial charge >= 0.3 is 5.69 Å². The van der Waals surface area contributed by atoms with Gasteiger partial charge in [0, 0.05) is 26.5 Å². The number of para-hydroxylation sites is 1. The Hall–Kier alpha value is -3.76. The summed E-state index contributed by atoms with van der Waals surface area (Å²) < 4.78 is 7.47. The Bertz CT molecular complexity index is 1360. The van der Waals surface area contributed by atoms with Crippen molar-refractivity contribution in [3.05, 3.63) is 86.0 Å². The molecule has 2 aromatic heterocycles. The number of hydrogen-bond acceptors (Lipinski definition) is 7. The fraction of sp³-hybridized carbons (Fsp3) is 0.250. The van der Waals surface area contributed by atoms with E-state index in [1.807, 2.05) is 54.6 Å². The maximum atomic E-state index is 12.9. The average Bonchev–Trinajstić information content (AvgIpc) is 3.26. The molecular formula is C24H25N5O4S. The van der Waals surface area contributed by atoms with Crippen LogP contribution in [0.4, 0.5) is 11.5 Å². The summed E-state index contributed by atoms with van der Waals surface area (Å²) >= 11 is 1.54. The Labute approximate surface area is 199 Å². The summed E-state index contributed by atoms with van der Waals surface area (Å²) in [7, 11) is 1.52. The summed E-state index contributed by atoms with van der Waals surface area (Å²) in [6, 6.07) is 17.3. The molecule has 176 valence electrons. The van der Waals surface area contributed by atoms with Crippen LogP contribution in [0.5, 0.6) is 0 Å². The highest BCUT2D eigenvalue weighted by molar-refractivity contribution is 7.18. The number of amides is 1. The fourth-order valence-electron chi connectivity index (χ4n) is 3.49. The van der Waals surface area contributed by atoms with E-state index in [4.69, 9.17) is 4.74 Å². The van der Waals surface area contributed by atoms with Crippen LogP contribution in [-0.4, -0.2) is 34.2 Å². The summed E-state index contributed by atoms with van der Waals surface area (Å²) in [5.41, 5.74) is 0.751. The number of benzene rings is 2. The number of H-pyrrole nitrogens is 1. The summed E-state index contributed by atoms with van der Waals surface area (Å²) in [4.78, 5) is 44.9. The van der Waals surface area contributed by atoms with Gasteiger partial charge in [-0.3, -0.25) is 19.1 Å². The predicted octanol–water partition coefficient (Wildman–Crippen LogP) is 2.98. The van der Waals surface area contributed by atoms with Gasteiger partial charge in [0.2, 0.25) is 5.91 Å². The molecule has 1 amide bonds. The molecule has 0 atom stereocenters. The Kier molecular flexibility index (Phi) is 7.51. The van der Waals surface area contributed by atoms with E-state index in [2.05, 4.69) is 20.6 Å². The highest BCUT2D eigenvalue weighted by atomic mass is 32.1. The zero-order chi connectivity index (χ0) is 23.9. The Morgan fingerprint density at radius 1 is 1.12 bits per heavy atom. The predicted molar refractivity (Wildman–Crippen MR) is 134 cm³/mol. The van der Waals surface area contributed by atoms with Gasteiger partial charge in [-0.1, -0.05) is 42.5 Å². The molecule has 0 saturated heterocycles. The first-order chi connectivity index (χ1) is 16.5. The molecule has 10 heteroatoms. The summed E-state index contributed by atoms with van der Waals surface area (Å²) in [6.45, 7) is 0.749. The lowest BCUT2D eigenvalue weighted by Gasteiger charge is -2.17. The molecule has 0 aliphatic heterocycles. The van der Waals surface area contributed by atoms with Crippen LogP contribution in [-0.2, 0) is 29.0 Å². The van der Waals surface area contributed by atoms with Crippen molar-refractivity contribution in [1.82, 2.24) is 14.5 Å². The molecule has 2 heterocycles. The molecule has 0 aliphatic carbocycles. The maximum Gasteiger partial charge on any atom is 0.330 e. The van der Waals surface area contributed by atoms with Crippen LogP contribution < -0.4 is 21.9 Å². The third-order valence-corrected chi connectivity index (χ3v) is 6.29. The largest absolute Gasteiger partial charge is 0.383 e. The molecule has 0 fully saturated rings. The third kappa shape index (κ3) is 5.59. The van der Waals surface area contributed by atoms with Crippen LogP contribution in [0.1, 0.15) is 17.0 Å². The minimum atomic E-state index is -0.617. The highest BCUT2D eigenvalue weighted by Gasteiger charge is 2.18. The minimum Gasteiger partial charge on any atom is -0.383 e. The molecule has 0 saturated carbocycles. The Morgan fingerprint density at radius 3 is 2.65 bits per heavy atom. The number of aromatic nitrogens is 3. The number of ether oxygens (including phenoxy) is 1. The van der Waals surface area contributed by atoms with Crippen molar-refractivity contribution in [2.75, 3.05) is 24.4 Å². The topological polar surface area (TPSA) is 118 Å². The number of hydrogen-bond donors (Lipinski definition) is 3. The number of methoxy groups -OCH3 is 1. The first kappa shape index (κ1) is 23.4. The second kappa shape index (κ2) is 10.9. The smallest absolute Gasteiger partial charge is 0.330 e. The first-order valence-electron chi connectivity index (χ1n) is 10.8. The van der Waals surface area contributed by atoms with E-state index in [0.717, 1.165) is 20.8 Å². The second-order valence-electron chi connectivity index (χ2n) is 7.59. The number of nitrogens with zero attached hydrogens (tertiary/aromatic N) is 2. The number of carbonyl (C=O) groups is 1. The van der Waals surface area contributed by atoms with E-state index in [9.17, 15) is 14.4 Å². The van der Waals surface area contributed by atoms with Gasteiger partial charge < -0.3 is 15.4 Å². The van der Waals surface area contributed by atoms with Crippen molar-refractivity contribution in [3.8, 4) is 0 Å². The van der Waals surface area contributed by atoms with E-state index in [-0.39, 0.29) is 37.0 Å². The monoisotopic (exact) mass is 479 g/mol.